The summed E-state index contributed by atoms with van der Waals surface area (Å²) in [5.74, 6) is -0.571. The highest BCUT2D eigenvalue weighted by Crippen LogP contribution is 2.37. The minimum atomic E-state index is -0.671. The van der Waals surface area contributed by atoms with Crippen molar-refractivity contribution in [1.82, 2.24) is 19.9 Å². The van der Waals surface area contributed by atoms with Crippen LogP contribution in [0.3, 0.4) is 0 Å². The zero-order valence-electron chi connectivity index (χ0n) is 18.5. The molecule has 5 rings (SSSR count). The SMILES string of the molecule is CC1(O)CCC(NC(=O)c2cnn3ccc(N4CCCC4c4cc(F)ccc4F)nc23)CC1. The second-order valence-corrected chi connectivity index (χ2v) is 9.37. The molecule has 1 aliphatic heterocycles. The molecule has 1 aliphatic carbocycles. The van der Waals surface area contributed by atoms with E-state index in [4.69, 9.17) is 4.98 Å². The second-order valence-electron chi connectivity index (χ2n) is 9.37. The minimum absolute atomic E-state index is 0.00484. The second kappa shape index (κ2) is 8.37. The maximum atomic E-state index is 14.5. The number of benzene rings is 1. The lowest BCUT2D eigenvalue weighted by molar-refractivity contribution is 0.0140. The summed E-state index contributed by atoms with van der Waals surface area (Å²) in [7, 11) is 0. The maximum absolute atomic E-state index is 14.5. The molecule has 1 unspecified atom stereocenters. The van der Waals surface area contributed by atoms with Gasteiger partial charge in [0.25, 0.3) is 5.91 Å². The summed E-state index contributed by atoms with van der Waals surface area (Å²) in [6.45, 7) is 2.48. The normalized spacial score (nSPS) is 25.5. The van der Waals surface area contributed by atoms with Crippen molar-refractivity contribution in [2.45, 2.75) is 63.1 Å². The van der Waals surface area contributed by atoms with Crippen LogP contribution < -0.4 is 10.2 Å². The summed E-state index contributed by atoms with van der Waals surface area (Å²) < 4.78 is 29.8. The number of nitrogens with zero attached hydrogens (tertiary/aromatic N) is 4. The molecule has 3 aromatic rings. The average molecular weight is 456 g/mol. The summed E-state index contributed by atoms with van der Waals surface area (Å²) in [6, 6.07) is 4.96. The summed E-state index contributed by atoms with van der Waals surface area (Å²) in [6.07, 6.45) is 7.44. The smallest absolute Gasteiger partial charge is 0.256 e. The van der Waals surface area contributed by atoms with Gasteiger partial charge in [-0.3, -0.25) is 4.79 Å². The largest absolute Gasteiger partial charge is 0.390 e. The molecule has 1 saturated carbocycles. The first-order valence-electron chi connectivity index (χ1n) is 11.4. The first-order chi connectivity index (χ1) is 15.8. The molecule has 2 aliphatic rings. The standard InChI is InChI=1S/C24H27F2N5O2/c1-24(33)9-6-16(7-10-24)28-23(32)18-14-27-31-12-8-21(29-22(18)31)30-11-2-3-20(30)17-13-15(25)4-5-19(17)26/h4-5,8,12-14,16,20,33H,2-3,6-7,9-11H2,1H3,(H,28,32). The molecule has 174 valence electrons. The Morgan fingerprint density at radius 2 is 2.00 bits per heavy atom. The first kappa shape index (κ1) is 21.8. The van der Waals surface area contributed by atoms with Crippen LogP contribution in [0.4, 0.5) is 14.6 Å². The van der Waals surface area contributed by atoms with E-state index in [9.17, 15) is 18.7 Å². The van der Waals surface area contributed by atoms with Crippen LogP contribution >= 0.6 is 0 Å². The van der Waals surface area contributed by atoms with Gasteiger partial charge in [0.1, 0.15) is 23.0 Å². The molecular weight excluding hydrogens is 428 g/mol. The summed E-state index contributed by atoms with van der Waals surface area (Å²) >= 11 is 0. The number of carbonyl (C=O) groups is 1. The van der Waals surface area contributed by atoms with Gasteiger partial charge in [0.05, 0.1) is 17.8 Å². The molecule has 0 radical (unpaired) electrons. The van der Waals surface area contributed by atoms with E-state index in [-0.39, 0.29) is 18.0 Å². The number of aromatic nitrogens is 3. The van der Waals surface area contributed by atoms with E-state index in [0.717, 1.165) is 18.6 Å². The zero-order chi connectivity index (χ0) is 23.2. The van der Waals surface area contributed by atoms with Gasteiger partial charge in [-0.25, -0.2) is 18.3 Å². The molecule has 2 N–H and O–H groups in total. The fraction of sp³-hybridized carbons (Fsp3) is 0.458. The van der Waals surface area contributed by atoms with Crippen LogP contribution in [0.2, 0.25) is 0 Å². The number of nitrogens with one attached hydrogen (secondary N) is 1. The van der Waals surface area contributed by atoms with Crippen LogP contribution in [0.15, 0.2) is 36.7 Å². The highest BCUT2D eigenvalue weighted by atomic mass is 19.1. The number of fused-ring (bicyclic) bond motifs is 1. The van der Waals surface area contributed by atoms with Crippen LogP contribution in [0.1, 0.15) is 67.4 Å². The van der Waals surface area contributed by atoms with Crippen molar-refractivity contribution in [2.75, 3.05) is 11.4 Å². The lowest BCUT2D eigenvalue weighted by Crippen LogP contribution is -2.42. The zero-order valence-corrected chi connectivity index (χ0v) is 18.5. The summed E-state index contributed by atoms with van der Waals surface area (Å²) in [5.41, 5.74) is 0.420. The fourth-order valence-corrected chi connectivity index (χ4v) is 4.96. The Labute approximate surface area is 190 Å². The molecule has 0 spiro atoms. The van der Waals surface area contributed by atoms with Gasteiger partial charge in [-0.1, -0.05) is 0 Å². The molecule has 3 heterocycles. The lowest BCUT2D eigenvalue weighted by atomic mass is 9.83. The van der Waals surface area contributed by atoms with Gasteiger partial charge in [0.2, 0.25) is 0 Å². The predicted molar refractivity (Wildman–Crippen MR) is 119 cm³/mol. The van der Waals surface area contributed by atoms with Gasteiger partial charge in [-0.05, 0) is 69.7 Å². The highest BCUT2D eigenvalue weighted by molar-refractivity contribution is 5.99. The summed E-state index contributed by atoms with van der Waals surface area (Å²) in [5, 5.41) is 17.4. The van der Waals surface area contributed by atoms with E-state index in [2.05, 4.69) is 10.4 Å². The minimum Gasteiger partial charge on any atom is -0.390 e. The van der Waals surface area contributed by atoms with Crippen LogP contribution in [0.25, 0.3) is 5.65 Å². The third kappa shape index (κ3) is 4.29. The van der Waals surface area contributed by atoms with Crippen molar-refractivity contribution < 1.29 is 18.7 Å². The monoisotopic (exact) mass is 455 g/mol. The van der Waals surface area contributed by atoms with Crippen molar-refractivity contribution in [3.8, 4) is 0 Å². The molecule has 0 bridgehead atoms. The molecule has 1 saturated heterocycles. The Bertz CT molecular complexity index is 1180. The predicted octanol–water partition coefficient (Wildman–Crippen LogP) is 3.77. The van der Waals surface area contributed by atoms with Crippen molar-refractivity contribution in [3.05, 3.63) is 59.4 Å². The van der Waals surface area contributed by atoms with Crippen molar-refractivity contribution in [2.24, 2.45) is 0 Å². The highest BCUT2D eigenvalue weighted by Gasteiger charge is 2.32. The molecule has 1 aromatic carbocycles. The number of anilines is 1. The molecular formula is C24H27F2N5O2. The summed E-state index contributed by atoms with van der Waals surface area (Å²) in [4.78, 5) is 19.6. The van der Waals surface area contributed by atoms with Gasteiger partial charge in [-0.2, -0.15) is 5.10 Å². The molecule has 1 amide bonds. The van der Waals surface area contributed by atoms with E-state index in [0.29, 0.717) is 61.2 Å². The van der Waals surface area contributed by atoms with Crippen molar-refractivity contribution in [1.29, 1.82) is 0 Å². The van der Waals surface area contributed by atoms with E-state index >= 15 is 0 Å². The topological polar surface area (TPSA) is 82.8 Å². The molecule has 2 aromatic heterocycles. The Morgan fingerprint density at radius 1 is 1.21 bits per heavy atom. The maximum Gasteiger partial charge on any atom is 0.256 e. The number of hydrogen-bond acceptors (Lipinski definition) is 5. The number of aliphatic hydroxyl groups is 1. The van der Waals surface area contributed by atoms with E-state index in [1.807, 2.05) is 11.8 Å². The van der Waals surface area contributed by atoms with Crippen molar-refractivity contribution in [3.63, 3.8) is 0 Å². The van der Waals surface area contributed by atoms with Crippen molar-refractivity contribution >= 4 is 17.4 Å². The molecule has 1 atom stereocenters. The van der Waals surface area contributed by atoms with Gasteiger partial charge in [0, 0.05) is 24.3 Å². The number of halogens is 2. The lowest BCUT2D eigenvalue weighted by Gasteiger charge is -2.33. The molecule has 2 fully saturated rings. The van der Waals surface area contributed by atoms with Crippen LogP contribution in [-0.4, -0.2) is 43.8 Å². The average Bonchev–Trinajstić information content (AvgIpc) is 3.43. The van der Waals surface area contributed by atoms with E-state index < -0.39 is 17.2 Å². The Kier molecular flexibility index (Phi) is 5.52. The quantitative estimate of drug-likeness (QED) is 0.626. The van der Waals surface area contributed by atoms with E-state index in [1.54, 1.807) is 12.3 Å². The van der Waals surface area contributed by atoms with Gasteiger partial charge in [-0.15, -0.1) is 0 Å². The Morgan fingerprint density at radius 3 is 2.79 bits per heavy atom. The van der Waals surface area contributed by atoms with Gasteiger partial charge < -0.3 is 15.3 Å². The number of hydrogen-bond donors (Lipinski definition) is 2. The van der Waals surface area contributed by atoms with E-state index in [1.165, 1.54) is 16.8 Å². The Hall–Kier alpha value is -3.07. The number of rotatable bonds is 4. The third-order valence-corrected chi connectivity index (χ3v) is 6.86. The van der Waals surface area contributed by atoms with Crippen LogP contribution in [0.5, 0.6) is 0 Å². The molecule has 7 nitrogen and oxygen atoms in total. The number of carbonyl (C=O) groups excluding carboxylic acids is 1. The third-order valence-electron chi connectivity index (χ3n) is 6.86. The Balaban J connectivity index is 1.40. The van der Waals surface area contributed by atoms with Crippen LogP contribution in [-0.2, 0) is 0 Å². The number of amides is 1. The fourth-order valence-electron chi connectivity index (χ4n) is 4.96. The van der Waals surface area contributed by atoms with Gasteiger partial charge in [0.15, 0.2) is 5.65 Å². The van der Waals surface area contributed by atoms with Crippen LogP contribution in [0, 0.1) is 11.6 Å². The van der Waals surface area contributed by atoms with Gasteiger partial charge >= 0.3 is 0 Å². The molecule has 9 heteroatoms. The molecule has 33 heavy (non-hydrogen) atoms. The first-order valence-corrected chi connectivity index (χ1v) is 11.4.